The number of hydrogen-bond acceptors (Lipinski definition) is 7. The van der Waals surface area contributed by atoms with Gasteiger partial charge in [0.25, 0.3) is 11.5 Å². The van der Waals surface area contributed by atoms with Crippen LogP contribution in [0.3, 0.4) is 0 Å². The summed E-state index contributed by atoms with van der Waals surface area (Å²) in [5.41, 5.74) is -0.569. The number of aryl methyl sites for hydroxylation is 1. The van der Waals surface area contributed by atoms with Crippen LogP contribution >= 0.6 is 0 Å². The van der Waals surface area contributed by atoms with Crippen LogP contribution in [-0.2, 0) is 20.9 Å². The highest BCUT2D eigenvalue weighted by Crippen LogP contribution is 2.21. The van der Waals surface area contributed by atoms with Gasteiger partial charge in [-0.1, -0.05) is 12.1 Å². The van der Waals surface area contributed by atoms with Crippen molar-refractivity contribution in [1.29, 1.82) is 0 Å². The number of halogens is 1. The number of ether oxygens (including phenoxy) is 1. The number of nitro groups is 1. The maximum absolute atomic E-state index is 13.3. The molecule has 0 fully saturated rings. The Hall–Kier alpha value is -4.15. The molecule has 3 rings (SSSR count). The fourth-order valence-electron chi connectivity index (χ4n) is 2.62. The minimum Gasteiger partial charge on any atom is -0.456 e. The van der Waals surface area contributed by atoms with Crippen LogP contribution in [0.25, 0.3) is 10.9 Å². The number of carbonyl (C=O) groups is 2. The van der Waals surface area contributed by atoms with Crippen LogP contribution in [0.2, 0.25) is 0 Å². The molecule has 1 aromatic heterocycles. The zero-order valence-corrected chi connectivity index (χ0v) is 15.4. The van der Waals surface area contributed by atoms with Crippen LogP contribution in [-0.4, -0.2) is 33.0 Å². The first-order valence-electron chi connectivity index (χ1n) is 8.69. The van der Waals surface area contributed by atoms with E-state index in [4.69, 9.17) is 4.74 Å². The number of nitrogens with zero attached hydrogens (tertiary/aromatic N) is 3. The van der Waals surface area contributed by atoms with Gasteiger partial charge in [0.1, 0.15) is 0 Å². The van der Waals surface area contributed by atoms with Crippen LogP contribution in [0, 0.1) is 15.9 Å². The third kappa shape index (κ3) is 4.82. The largest absolute Gasteiger partial charge is 0.456 e. The highest BCUT2D eigenvalue weighted by atomic mass is 19.1. The van der Waals surface area contributed by atoms with Gasteiger partial charge in [0, 0.05) is 18.3 Å². The Morgan fingerprint density at radius 1 is 1.23 bits per heavy atom. The molecule has 154 valence electrons. The number of fused-ring (bicyclic) bond motifs is 1. The number of anilines is 1. The Morgan fingerprint density at radius 2 is 2.00 bits per heavy atom. The third-order valence-corrected chi connectivity index (χ3v) is 4.08. The highest BCUT2D eigenvalue weighted by molar-refractivity contribution is 5.93. The van der Waals surface area contributed by atoms with E-state index in [1.165, 1.54) is 10.9 Å². The van der Waals surface area contributed by atoms with E-state index < -0.39 is 34.9 Å². The Labute approximate surface area is 168 Å². The first-order chi connectivity index (χ1) is 14.3. The molecular weight excluding hydrogens is 399 g/mol. The van der Waals surface area contributed by atoms with Crippen molar-refractivity contribution in [2.75, 3.05) is 11.9 Å². The summed E-state index contributed by atoms with van der Waals surface area (Å²) in [5, 5.41) is 13.4. The van der Waals surface area contributed by atoms with Gasteiger partial charge < -0.3 is 10.1 Å². The van der Waals surface area contributed by atoms with Crippen molar-refractivity contribution in [3.8, 4) is 0 Å². The van der Waals surface area contributed by atoms with E-state index in [0.29, 0.717) is 10.9 Å². The second-order valence-electron chi connectivity index (χ2n) is 6.14. The van der Waals surface area contributed by atoms with Gasteiger partial charge in [-0.2, -0.15) is 4.39 Å². The molecular formula is C19H15FN4O6. The molecule has 1 N–H and O–H groups in total. The van der Waals surface area contributed by atoms with Crippen molar-refractivity contribution in [3.05, 3.63) is 75.1 Å². The van der Waals surface area contributed by atoms with E-state index in [9.17, 15) is 28.9 Å². The molecule has 0 aliphatic carbocycles. The van der Waals surface area contributed by atoms with Gasteiger partial charge in [-0.25, -0.2) is 4.98 Å². The molecule has 30 heavy (non-hydrogen) atoms. The maximum atomic E-state index is 13.3. The van der Waals surface area contributed by atoms with Crippen LogP contribution in [0.15, 0.2) is 53.6 Å². The molecule has 0 aliphatic rings. The van der Waals surface area contributed by atoms with E-state index in [1.54, 1.807) is 24.3 Å². The average molecular weight is 414 g/mol. The number of nitro benzene ring substituents is 1. The molecule has 0 unspecified atom stereocenters. The topological polar surface area (TPSA) is 133 Å². The number of hydrogen-bond donors (Lipinski definition) is 1. The van der Waals surface area contributed by atoms with Crippen molar-refractivity contribution in [3.63, 3.8) is 0 Å². The fourth-order valence-corrected chi connectivity index (χ4v) is 2.62. The molecule has 1 amide bonds. The molecule has 1 heterocycles. The number of para-hydroxylation sites is 1. The number of benzene rings is 2. The lowest BCUT2D eigenvalue weighted by atomic mass is 10.2. The predicted molar refractivity (Wildman–Crippen MR) is 103 cm³/mol. The van der Waals surface area contributed by atoms with Gasteiger partial charge >= 0.3 is 11.7 Å². The second-order valence-corrected chi connectivity index (χ2v) is 6.14. The fraction of sp³-hybridized carbons (Fsp3) is 0.158. The van der Waals surface area contributed by atoms with Gasteiger partial charge in [-0.05, 0) is 24.3 Å². The standard InChI is InChI=1S/C19H15FN4O6/c20-14-6-5-12(9-16(14)24(28)29)22-17(25)10-30-18(26)7-8-23-11-21-15-4-2-1-3-13(15)19(23)27/h1-6,9,11H,7-8,10H2,(H,22,25). The summed E-state index contributed by atoms with van der Waals surface area (Å²) in [6.45, 7) is -0.629. The van der Waals surface area contributed by atoms with Crippen molar-refractivity contribution >= 4 is 34.2 Å². The molecule has 3 aromatic rings. The molecule has 0 aliphatic heterocycles. The number of aromatic nitrogens is 2. The molecule has 0 spiro atoms. The molecule has 0 saturated carbocycles. The Balaban J connectivity index is 1.52. The molecule has 11 heteroatoms. The smallest absolute Gasteiger partial charge is 0.308 e. The number of rotatable bonds is 7. The highest BCUT2D eigenvalue weighted by Gasteiger charge is 2.16. The molecule has 0 radical (unpaired) electrons. The van der Waals surface area contributed by atoms with Gasteiger partial charge in [-0.15, -0.1) is 0 Å². The van der Waals surface area contributed by atoms with Crippen LogP contribution < -0.4 is 10.9 Å². The summed E-state index contributed by atoms with van der Waals surface area (Å²) in [6.07, 6.45) is 1.15. The lowest BCUT2D eigenvalue weighted by Crippen LogP contribution is -2.24. The van der Waals surface area contributed by atoms with E-state index in [0.717, 1.165) is 18.2 Å². The molecule has 0 bridgehead atoms. The van der Waals surface area contributed by atoms with Gasteiger partial charge in [-0.3, -0.25) is 29.1 Å². The quantitative estimate of drug-likeness (QED) is 0.355. The van der Waals surface area contributed by atoms with Crippen LogP contribution in [0.5, 0.6) is 0 Å². The number of carbonyl (C=O) groups excluding carboxylic acids is 2. The average Bonchev–Trinajstić information content (AvgIpc) is 2.73. The SMILES string of the molecule is O=C(COC(=O)CCn1cnc2ccccc2c1=O)Nc1ccc(F)c([N+](=O)[O-])c1. The van der Waals surface area contributed by atoms with Gasteiger partial charge in [0.05, 0.1) is 28.6 Å². The lowest BCUT2D eigenvalue weighted by Gasteiger charge is -2.08. The number of esters is 1. The second kappa shape index (κ2) is 8.90. The third-order valence-electron chi connectivity index (χ3n) is 4.08. The van der Waals surface area contributed by atoms with Crippen molar-refractivity contribution in [2.45, 2.75) is 13.0 Å². The van der Waals surface area contributed by atoms with E-state index in [2.05, 4.69) is 10.3 Å². The lowest BCUT2D eigenvalue weighted by molar-refractivity contribution is -0.387. The summed E-state index contributed by atoms with van der Waals surface area (Å²) < 4.78 is 19.4. The van der Waals surface area contributed by atoms with E-state index in [-0.39, 0.29) is 24.2 Å². The van der Waals surface area contributed by atoms with E-state index in [1.807, 2.05) is 0 Å². The number of amides is 1. The minimum absolute atomic E-state index is 0.0152. The summed E-state index contributed by atoms with van der Waals surface area (Å²) in [5.74, 6) is -2.52. The Kier molecular flexibility index (Phi) is 6.11. The summed E-state index contributed by atoms with van der Waals surface area (Å²) >= 11 is 0. The maximum Gasteiger partial charge on any atom is 0.308 e. The van der Waals surface area contributed by atoms with Crippen LogP contribution in [0.1, 0.15) is 6.42 Å². The predicted octanol–water partition coefficient (Wildman–Crippen LogP) is 2.02. The van der Waals surface area contributed by atoms with Gasteiger partial charge in [0.2, 0.25) is 5.82 Å². The van der Waals surface area contributed by atoms with Crippen molar-refractivity contribution < 1.29 is 23.6 Å². The summed E-state index contributed by atoms with van der Waals surface area (Å²) in [6, 6.07) is 9.63. The first-order valence-corrected chi connectivity index (χ1v) is 8.69. The Morgan fingerprint density at radius 3 is 2.77 bits per heavy atom. The minimum atomic E-state index is -1.04. The summed E-state index contributed by atoms with van der Waals surface area (Å²) in [7, 11) is 0. The Bertz CT molecular complexity index is 1190. The summed E-state index contributed by atoms with van der Waals surface area (Å²) in [4.78, 5) is 50.0. The normalized spacial score (nSPS) is 10.6. The molecule has 0 saturated heterocycles. The first kappa shape index (κ1) is 20.6. The van der Waals surface area contributed by atoms with E-state index >= 15 is 0 Å². The number of nitrogens with one attached hydrogen (secondary N) is 1. The monoisotopic (exact) mass is 414 g/mol. The van der Waals surface area contributed by atoms with Crippen LogP contribution in [0.4, 0.5) is 15.8 Å². The molecule has 0 atom stereocenters. The van der Waals surface area contributed by atoms with Crippen molar-refractivity contribution in [2.24, 2.45) is 0 Å². The molecule has 10 nitrogen and oxygen atoms in total. The van der Waals surface area contributed by atoms with Gasteiger partial charge in [0.15, 0.2) is 6.61 Å². The zero-order chi connectivity index (χ0) is 21.7. The zero-order valence-electron chi connectivity index (χ0n) is 15.4. The molecule has 2 aromatic carbocycles. The van der Waals surface area contributed by atoms with Crippen molar-refractivity contribution in [1.82, 2.24) is 9.55 Å².